The normalized spacial score (nSPS) is 17.2. The Morgan fingerprint density at radius 3 is 2.71 bits per heavy atom. The van der Waals surface area contributed by atoms with Crippen molar-refractivity contribution in [3.63, 3.8) is 0 Å². The minimum absolute atomic E-state index is 0.593. The van der Waals surface area contributed by atoms with E-state index in [9.17, 15) is 0 Å². The van der Waals surface area contributed by atoms with E-state index in [1.807, 2.05) is 0 Å². The first-order chi connectivity index (χ1) is 11.9. The minimum Gasteiger partial charge on any atom is -0.379 e. The highest BCUT2D eigenvalue weighted by molar-refractivity contribution is 6.00. The number of fused-ring (bicyclic) bond motifs is 5. The molecule has 2 aliphatic rings. The third-order valence-corrected chi connectivity index (χ3v) is 5.53. The van der Waals surface area contributed by atoms with Crippen LogP contribution in [0.1, 0.15) is 37.7 Å². The van der Waals surface area contributed by atoms with Crippen molar-refractivity contribution in [1.29, 1.82) is 0 Å². The van der Waals surface area contributed by atoms with Crippen molar-refractivity contribution in [1.82, 2.24) is 4.40 Å². The number of rotatable bonds is 2. The molecule has 1 aromatic carbocycles. The van der Waals surface area contributed by atoms with Crippen molar-refractivity contribution < 1.29 is 0 Å². The summed E-state index contributed by atoms with van der Waals surface area (Å²) in [7, 11) is 0. The number of pyridine rings is 1. The number of anilines is 2. The largest absolute Gasteiger partial charge is 0.379 e. The molecule has 3 aromatic rings. The molecular formula is C21H23N3. The SMILES string of the molecule is c1ccc2c(c1)CNc1c-2c(NC2CCCCC2)n2ccccc12. The van der Waals surface area contributed by atoms with E-state index in [4.69, 9.17) is 0 Å². The van der Waals surface area contributed by atoms with Gasteiger partial charge in [-0.1, -0.05) is 49.6 Å². The molecule has 5 rings (SSSR count). The lowest BCUT2D eigenvalue weighted by Crippen LogP contribution is -2.23. The summed E-state index contributed by atoms with van der Waals surface area (Å²) < 4.78 is 2.33. The molecule has 0 bridgehead atoms. The Bertz CT molecular complexity index is 887. The van der Waals surface area contributed by atoms with Crippen LogP contribution in [0.4, 0.5) is 11.5 Å². The number of nitrogens with one attached hydrogen (secondary N) is 2. The second-order valence-electron chi connectivity index (χ2n) is 7.04. The van der Waals surface area contributed by atoms with Crippen molar-refractivity contribution in [2.75, 3.05) is 10.6 Å². The van der Waals surface area contributed by atoms with Crippen LogP contribution in [0.2, 0.25) is 0 Å². The zero-order chi connectivity index (χ0) is 15.9. The maximum absolute atomic E-state index is 3.90. The Hall–Kier alpha value is -2.42. The first kappa shape index (κ1) is 14.0. The molecule has 3 heterocycles. The van der Waals surface area contributed by atoms with Crippen LogP contribution in [0.15, 0.2) is 48.7 Å². The molecular weight excluding hydrogens is 294 g/mol. The van der Waals surface area contributed by atoms with E-state index in [2.05, 4.69) is 63.7 Å². The molecule has 0 radical (unpaired) electrons. The molecule has 0 unspecified atom stereocenters. The molecule has 122 valence electrons. The van der Waals surface area contributed by atoms with Gasteiger partial charge >= 0.3 is 0 Å². The third kappa shape index (κ3) is 2.11. The van der Waals surface area contributed by atoms with Crippen LogP contribution in [-0.4, -0.2) is 10.4 Å². The summed E-state index contributed by atoms with van der Waals surface area (Å²) >= 11 is 0. The van der Waals surface area contributed by atoms with Crippen molar-refractivity contribution in [2.45, 2.75) is 44.7 Å². The van der Waals surface area contributed by atoms with Crippen LogP contribution >= 0.6 is 0 Å². The Labute approximate surface area is 142 Å². The van der Waals surface area contributed by atoms with Gasteiger partial charge in [-0.3, -0.25) is 0 Å². The van der Waals surface area contributed by atoms with E-state index in [1.165, 1.54) is 65.8 Å². The molecule has 0 saturated heterocycles. The lowest BCUT2D eigenvalue weighted by atomic mass is 9.94. The van der Waals surface area contributed by atoms with Crippen molar-refractivity contribution in [2.24, 2.45) is 0 Å². The molecule has 0 spiro atoms. The van der Waals surface area contributed by atoms with E-state index in [-0.39, 0.29) is 0 Å². The number of hydrogen-bond acceptors (Lipinski definition) is 2. The van der Waals surface area contributed by atoms with Gasteiger partial charge in [0.25, 0.3) is 0 Å². The van der Waals surface area contributed by atoms with E-state index in [0.717, 1.165) is 6.54 Å². The van der Waals surface area contributed by atoms with E-state index < -0.39 is 0 Å². The van der Waals surface area contributed by atoms with Crippen LogP contribution in [0.5, 0.6) is 0 Å². The van der Waals surface area contributed by atoms with E-state index in [1.54, 1.807) is 0 Å². The summed E-state index contributed by atoms with van der Waals surface area (Å²) in [5.74, 6) is 1.26. The Balaban J connectivity index is 1.71. The summed E-state index contributed by atoms with van der Waals surface area (Å²) in [6.07, 6.45) is 8.82. The highest BCUT2D eigenvalue weighted by Crippen LogP contribution is 2.45. The first-order valence-electron chi connectivity index (χ1n) is 9.13. The summed E-state index contributed by atoms with van der Waals surface area (Å²) in [5.41, 5.74) is 6.63. The molecule has 24 heavy (non-hydrogen) atoms. The average Bonchev–Trinajstić information content (AvgIpc) is 2.97. The fourth-order valence-electron chi connectivity index (χ4n) is 4.33. The fraction of sp³-hybridized carbons (Fsp3) is 0.333. The number of hydrogen-bond donors (Lipinski definition) is 2. The monoisotopic (exact) mass is 317 g/mol. The molecule has 1 fully saturated rings. The summed E-state index contributed by atoms with van der Waals surface area (Å²) in [6, 6.07) is 15.8. The molecule has 2 N–H and O–H groups in total. The topological polar surface area (TPSA) is 28.5 Å². The Morgan fingerprint density at radius 2 is 1.79 bits per heavy atom. The fourth-order valence-corrected chi connectivity index (χ4v) is 4.33. The predicted molar refractivity (Wildman–Crippen MR) is 101 cm³/mol. The number of aromatic nitrogens is 1. The molecule has 0 atom stereocenters. The van der Waals surface area contributed by atoms with Gasteiger partial charge in [0.15, 0.2) is 0 Å². The first-order valence-corrected chi connectivity index (χ1v) is 9.13. The van der Waals surface area contributed by atoms with Crippen molar-refractivity contribution in [3.05, 3.63) is 54.2 Å². The lowest BCUT2D eigenvalue weighted by Gasteiger charge is -2.26. The summed E-state index contributed by atoms with van der Waals surface area (Å²) in [5, 5.41) is 7.55. The van der Waals surface area contributed by atoms with Gasteiger partial charge in [0, 0.05) is 24.3 Å². The van der Waals surface area contributed by atoms with Crippen LogP contribution in [-0.2, 0) is 6.54 Å². The zero-order valence-electron chi connectivity index (χ0n) is 13.9. The zero-order valence-corrected chi connectivity index (χ0v) is 13.9. The van der Waals surface area contributed by atoms with Crippen molar-refractivity contribution in [3.8, 4) is 11.1 Å². The average molecular weight is 317 g/mol. The maximum Gasteiger partial charge on any atom is 0.121 e. The Kier molecular flexibility index (Phi) is 3.25. The van der Waals surface area contributed by atoms with Crippen LogP contribution in [0, 0.1) is 0 Å². The summed E-state index contributed by atoms with van der Waals surface area (Å²) in [6.45, 7) is 0.903. The quantitative estimate of drug-likeness (QED) is 0.673. The third-order valence-electron chi connectivity index (χ3n) is 5.53. The predicted octanol–water partition coefficient (Wildman–Crippen LogP) is 5.28. The lowest BCUT2D eigenvalue weighted by molar-refractivity contribution is 0.462. The van der Waals surface area contributed by atoms with Gasteiger partial charge < -0.3 is 15.0 Å². The standard InChI is InChI=1S/C21H23N3/c1-2-9-16(10-3-1)23-21-19-17-11-5-4-8-15(17)14-22-20(19)18-12-6-7-13-24(18)21/h4-8,11-13,16,22-23H,1-3,9-10,14H2. The van der Waals surface area contributed by atoms with Crippen LogP contribution < -0.4 is 10.6 Å². The molecule has 1 saturated carbocycles. The van der Waals surface area contributed by atoms with E-state index >= 15 is 0 Å². The smallest absolute Gasteiger partial charge is 0.121 e. The molecule has 2 aromatic heterocycles. The van der Waals surface area contributed by atoms with Gasteiger partial charge in [0.1, 0.15) is 5.82 Å². The Morgan fingerprint density at radius 1 is 0.958 bits per heavy atom. The number of benzene rings is 1. The molecule has 1 aliphatic heterocycles. The highest BCUT2D eigenvalue weighted by atomic mass is 15.1. The van der Waals surface area contributed by atoms with Crippen molar-refractivity contribution >= 4 is 17.0 Å². The molecule has 0 amide bonds. The minimum atomic E-state index is 0.593. The summed E-state index contributed by atoms with van der Waals surface area (Å²) in [4.78, 5) is 0. The van der Waals surface area contributed by atoms with Crippen LogP contribution in [0.25, 0.3) is 16.6 Å². The van der Waals surface area contributed by atoms with Crippen LogP contribution in [0.3, 0.4) is 0 Å². The second-order valence-corrected chi connectivity index (χ2v) is 7.04. The maximum atomic E-state index is 3.90. The second kappa shape index (κ2) is 5.59. The molecule has 1 aliphatic carbocycles. The van der Waals surface area contributed by atoms with Gasteiger partial charge in [-0.05, 0) is 36.1 Å². The van der Waals surface area contributed by atoms with Gasteiger partial charge in [0.2, 0.25) is 0 Å². The van der Waals surface area contributed by atoms with Gasteiger partial charge in [-0.15, -0.1) is 0 Å². The van der Waals surface area contributed by atoms with Gasteiger partial charge in [-0.2, -0.15) is 0 Å². The number of nitrogens with zero attached hydrogens (tertiary/aromatic N) is 1. The van der Waals surface area contributed by atoms with Gasteiger partial charge in [-0.25, -0.2) is 0 Å². The molecule has 3 nitrogen and oxygen atoms in total. The van der Waals surface area contributed by atoms with Gasteiger partial charge in [0.05, 0.1) is 11.2 Å². The van der Waals surface area contributed by atoms with E-state index in [0.29, 0.717) is 6.04 Å². The molecule has 3 heteroatoms. The highest BCUT2D eigenvalue weighted by Gasteiger charge is 2.26.